The predicted octanol–water partition coefficient (Wildman–Crippen LogP) is 3.89. The van der Waals surface area contributed by atoms with E-state index in [0.717, 1.165) is 38.6 Å². The van der Waals surface area contributed by atoms with Gasteiger partial charge in [-0.2, -0.15) is 5.10 Å². The van der Waals surface area contributed by atoms with E-state index < -0.39 is 0 Å². The topological polar surface area (TPSA) is 72.7 Å². The molecule has 0 aliphatic carbocycles. The Labute approximate surface area is 160 Å². The lowest BCUT2D eigenvalue weighted by Gasteiger charge is -2.06. The normalized spacial score (nSPS) is 11.1. The maximum Gasteiger partial charge on any atom is 0.228 e. The zero-order valence-electron chi connectivity index (χ0n) is 15.4. The first kappa shape index (κ1) is 17.4. The fourth-order valence-electron chi connectivity index (χ4n) is 3.06. The lowest BCUT2D eigenvalue weighted by Crippen LogP contribution is -2.14. The fourth-order valence-corrected chi connectivity index (χ4v) is 3.68. The summed E-state index contributed by atoms with van der Waals surface area (Å²) < 4.78 is 1.74. The van der Waals surface area contributed by atoms with Crippen molar-refractivity contribution in [3.63, 3.8) is 0 Å². The third-order valence-electron chi connectivity index (χ3n) is 4.38. The molecule has 4 rings (SSSR count). The Morgan fingerprint density at radius 2 is 2.00 bits per heavy atom. The van der Waals surface area contributed by atoms with E-state index in [-0.39, 0.29) is 5.91 Å². The van der Waals surface area contributed by atoms with Gasteiger partial charge in [0.25, 0.3) is 0 Å². The third kappa shape index (κ3) is 3.59. The maximum absolute atomic E-state index is 12.4. The Hall–Kier alpha value is -3.06. The number of carbonyl (C=O) groups is 1. The second-order valence-corrected chi connectivity index (χ2v) is 7.54. The molecule has 3 aromatic heterocycles. The first-order chi connectivity index (χ1) is 13.0. The summed E-state index contributed by atoms with van der Waals surface area (Å²) in [6.45, 7) is 3.92. The van der Waals surface area contributed by atoms with Gasteiger partial charge in [0, 0.05) is 23.4 Å². The molecule has 1 aromatic carbocycles. The van der Waals surface area contributed by atoms with Crippen molar-refractivity contribution in [3.05, 3.63) is 58.2 Å². The third-order valence-corrected chi connectivity index (χ3v) is 5.15. The summed E-state index contributed by atoms with van der Waals surface area (Å²) in [6, 6.07) is 9.86. The van der Waals surface area contributed by atoms with Crippen LogP contribution in [0.15, 0.2) is 41.9 Å². The van der Waals surface area contributed by atoms with Crippen molar-refractivity contribution in [1.82, 2.24) is 19.7 Å². The van der Waals surface area contributed by atoms with Gasteiger partial charge in [-0.3, -0.25) is 9.48 Å². The highest BCUT2D eigenvalue weighted by Gasteiger charge is 2.10. The van der Waals surface area contributed by atoms with Crippen LogP contribution in [-0.4, -0.2) is 25.7 Å². The molecular formula is C20H19N5OS. The van der Waals surface area contributed by atoms with Crippen molar-refractivity contribution in [3.8, 4) is 11.3 Å². The zero-order chi connectivity index (χ0) is 19.0. The molecular weight excluding hydrogens is 358 g/mol. The smallest absolute Gasteiger partial charge is 0.228 e. The first-order valence-electron chi connectivity index (χ1n) is 8.60. The molecule has 0 fully saturated rings. The number of benzene rings is 1. The van der Waals surface area contributed by atoms with E-state index in [9.17, 15) is 4.79 Å². The number of amides is 1. The Kier molecular flexibility index (Phi) is 4.45. The summed E-state index contributed by atoms with van der Waals surface area (Å²) in [5.41, 5.74) is 5.36. The summed E-state index contributed by atoms with van der Waals surface area (Å²) in [7, 11) is 1.86. The predicted molar refractivity (Wildman–Crippen MR) is 108 cm³/mol. The number of hydrogen-bond donors (Lipinski definition) is 1. The lowest BCUT2D eigenvalue weighted by atomic mass is 10.1. The number of fused-ring (bicyclic) bond motifs is 1. The van der Waals surface area contributed by atoms with Crippen LogP contribution in [0, 0.1) is 13.8 Å². The molecule has 0 bridgehead atoms. The highest BCUT2D eigenvalue weighted by atomic mass is 32.1. The average molecular weight is 377 g/mol. The van der Waals surface area contributed by atoms with Crippen LogP contribution in [0.2, 0.25) is 0 Å². The Morgan fingerprint density at radius 1 is 1.22 bits per heavy atom. The van der Waals surface area contributed by atoms with Crippen LogP contribution in [-0.2, 0) is 18.3 Å². The van der Waals surface area contributed by atoms with Crippen molar-refractivity contribution in [1.29, 1.82) is 0 Å². The Morgan fingerprint density at radius 3 is 2.70 bits per heavy atom. The van der Waals surface area contributed by atoms with Crippen LogP contribution < -0.4 is 5.32 Å². The number of aryl methyl sites for hydroxylation is 3. The van der Waals surface area contributed by atoms with Crippen LogP contribution in [0.5, 0.6) is 0 Å². The fraction of sp³-hybridized carbons (Fsp3) is 0.200. The van der Waals surface area contributed by atoms with Crippen LogP contribution in [0.25, 0.3) is 22.3 Å². The molecule has 0 aliphatic heterocycles. The number of nitrogens with one attached hydrogen (secondary N) is 1. The van der Waals surface area contributed by atoms with Crippen LogP contribution in [0.4, 0.5) is 5.69 Å². The summed E-state index contributed by atoms with van der Waals surface area (Å²) in [6.07, 6.45) is 1.97. The van der Waals surface area contributed by atoms with Gasteiger partial charge < -0.3 is 5.32 Å². The van der Waals surface area contributed by atoms with Gasteiger partial charge in [0.2, 0.25) is 5.91 Å². The number of anilines is 1. The number of thiazole rings is 1. The molecule has 0 saturated carbocycles. The van der Waals surface area contributed by atoms with Gasteiger partial charge in [-0.1, -0.05) is 24.3 Å². The molecule has 4 aromatic rings. The van der Waals surface area contributed by atoms with Crippen molar-refractivity contribution >= 4 is 34.0 Å². The number of rotatable bonds is 4. The molecule has 0 spiro atoms. The van der Waals surface area contributed by atoms with Crippen LogP contribution in [0.1, 0.15) is 16.3 Å². The highest BCUT2D eigenvalue weighted by Crippen LogP contribution is 2.22. The minimum absolute atomic E-state index is 0.0741. The van der Waals surface area contributed by atoms with Gasteiger partial charge in [0.05, 0.1) is 34.7 Å². The van der Waals surface area contributed by atoms with Crippen LogP contribution >= 0.6 is 11.3 Å². The van der Waals surface area contributed by atoms with Crippen LogP contribution in [0.3, 0.4) is 0 Å². The van der Waals surface area contributed by atoms with E-state index in [1.165, 1.54) is 0 Å². The van der Waals surface area contributed by atoms with Gasteiger partial charge in [-0.15, -0.1) is 11.3 Å². The largest absolute Gasteiger partial charge is 0.324 e. The number of pyridine rings is 1. The summed E-state index contributed by atoms with van der Waals surface area (Å²) in [4.78, 5) is 21.3. The van der Waals surface area contributed by atoms with Crippen molar-refractivity contribution < 1.29 is 4.79 Å². The average Bonchev–Trinajstić information content (AvgIpc) is 3.19. The molecule has 7 heteroatoms. The maximum atomic E-state index is 12.4. The molecule has 1 N–H and O–H groups in total. The van der Waals surface area contributed by atoms with E-state index in [2.05, 4.69) is 20.4 Å². The molecule has 27 heavy (non-hydrogen) atoms. The molecule has 0 saturated heterocycles. The monoisotopic (exact) mass is 377 g/mol. The van der Waals surface area contributed by atoms with Crippen molar-refractivity contribution in [2.75, 3.05) is 5.32 Å². The van der Waals surface area contributed by atoms with Gasteiger partial charge in [0.15, 0.2) is 5.65 Å². The highest BCUT2D eigenvalue weighted by molar-refractivity contribution is 7.09. The molecule has 1 amide bonds. The van der Waals surface area contributed by atoms with Gasteiger partial charge in [0.1, 0.15) is 0 Å². The number of carbonyl (C=O) groups excluding carboxylic acids is 1. The molecule has 3 heterocycles. The molecule has 0 aliphatic rings. The van der Waals surface area contributed by atoms with Gasteiger partial charge in [-0.25, -0.2) is 9.97 Å². The van der Waals surface area contributed by atoms with E-state index in [0.29, 0.717) is 12.1 Å². The van der Waals surface area contributed by atoms with Crippen molar-refractivity contribution in [2.45, 2.75) is 20.3 Å². The van der Waals surface area contributed by atoms with E-state index in [1.54, 1.807) is 22.2 Å². The molecule has 0 unspecified atom stereocenters. The SMILES string of the molecule is Cc1nc(-c2ccc(CC(=O)Nc3cnc4c(c3)c(C)nn4C)cc2)cs1. The Balaban J connectivity index is 1.45. The van der Waals surface area contributed by atoms with Crippen molar-refractivity contribution in [2.24, 2.45) is 7.05 Å². The number of nitrogens with zero attached hydrogens (tertiary/aromatic N) is 4. The minimum Gasteiger partial charge on any atom is -0.324 e. The standard InChI is InChI=1S/C20H19N5OS/c1-12-17-9-16(10-21-20(17)25(3)24-12)23-19(26)8-14-4-6-15(7-5-14)18-11-27-13(2)22-18/h4-7,9-11H,8H2,1-3H3,(H,23,26). The lowest BCUT2D eigenvalue weighted by molar-refractivity contribution is -0.115. The second kappa shape index (κ2) is 6.92. The molecule has 0 atom stereocenters. The van der Waals surface area contributed by atoms with Gasteiger partial charge >= 0.3 is 0 Å². The molecule has 0 radical (unpaired) electrons. The number of hydrogen-bond acceptors (Lipinski definition) is 5. The second-order valence-electron chi connectivity index (χ2n) is 6.48. The Bertz CT molecular complexity index is 1130. The molecule has 6 nitrogen and oxygen atoms in total. The first-order valence-corrected chi connectivity index (χ1v) is 9.48. The summed E-state index contributed by atoms with van der Waals surface area (Å²) in [5, 5.41) is 11.3. The summed E-state index contributed by atoms with van der Waals surface area (Å²) >= 11 is 1.63. The van der Waals surface area contributed by atoms with Gasteiger partial charge in [-0.05, 0) is 25.5 Å². The van der Waals surface area contributed by atoms with E-state index in [4.69, 9.17) is 0 Å². The quantitative estimate of drug-likeness (QED) is 0.586. The minimum atomic E-state index is -0.0741. The zero-order valence-corrected chi connectivity index (χ0v) is 16.2. The number of aromatic nitrogens is 4. The molecule has 136 valence electrons. The summed E-state index contributed by atoms with van der Waals surface area (Å²) in [5.74, 6) is -0.0741. The van der Waals surface area contributed by atoms with E-state index >= 15 is 0 Å². The van der Waals surface area contributed by atoms with E-state index in [1.807, 2.05) is 56.6 Å².